The molecule has 0 spiro atoms. The highest BCUT2D eigenvalue weighted by Crippen LogP contribution is 2.31. The van der Waals surface area contributed by atoms with Crippen LogP contribution in [0, 0.1) is 6.92 Å². The minimum absolute atomic E-state index is 0.0454. The first kappa shape index (κ1) is 23.4. The fourth-order valence-electron chi connectivity index (χ4n) is 3.65. The number of benzene rings is 3. The van der Waals surface area contributed by atoms with Crippen LogP contribution < -0.4 is 15.5 Å². The SMILES string of the molecule is CC(=O)Nc1ccc(NC(=O)COC(=O)c2ccc3c(c2)C(=O)N(c2ccccc2C)C3=O)cc1. The number of carbonyl (C=O) groups excluding carboxylic acids is 5. The zero-order valence-corrected chi connectivity index (χ0v) is 19.0. The van der Waals surface area contributed by atoms with Gasteiger partial charge >= 0.3 is 5.97 Å². The van der Waals surface area contributed by atoms with Crippen LogP contribution in [0.25, 0.3) is 0 Å². The minimum Gasteiger partial charge on any atom is -0.452 e. The summed E-state index contributed by atoms with van der Waals surface area (Å²) < 4.78 is 5.07. The molecule has 9 nitrogen and oxygen atoms in total. The number of imide groups is 1. The van der Waals surface area contributed by atoms with Gasteiger partial charge in [0.05, 0.1) is 22.4 Å². The maximum Gasteiger partial charge on any atom is 0.338 e. The molecule has 4 amide bonds. The van der Waals surface area contributed by atoms with Gasteiger partial charge < -0.3 is 15.4 Å². The number of esters is 1. The van der Waals surface area contributed by atoms with E-state index >= 15 is 0 Å². The highest BCUT2D eigenvalue weighted by Gasteiger charge is 2.37. The van der Waals surface area contributed by atoms with E-state index in [1.54, 1.807) is 49.4 Å². The molecule has 0 aromatic heterocycles. The number of aryl methyl sites for hydroxylation is 1. The summed E-state index contributed by atoms with van der Waals surface area (Å²) in [5, 5.41) is 5.19. The van der Waals surface area contributed by atoms with Crippen LogP contribution in [-0.2, 0) is 14.3 Å². The molecular weight excluding hydrogens is 450 g/mol. The minimum atomic E-state index is -0.807. The van der Waals surface area contributed by atoms with E-state index in [1.807, 2.05) is 6.07 Å². The Kier molecular flexibility index (Phi) is 6.41. The van der Waals surface area contributed by atoms with Crippen molar-refractivity contribution >= 4 is 46.7 Å². The van der Waals surface area contributed by atoms with E-state index in [0.29, 0.717) is 17.1 Å². The van der Waals surface area contributed by atoms with Gasteiger partial charge in [-0.2, -0.15) is 0 Å². The Morgan fingerprint density at radius 1 is 0.829 bits per heavy atom. The number of anilines is 3. The molecule has 1 aliphatic heterocycles. The highest BCUT2D eigenvalue weighted by atomic mass is 16.5. The maximum absolute atomic E-state index is 13.0. The molecule has 2 N–H and O–H groups in total. The summed E-state index contributed by atoms with van der Waals surface area (Å²) in [6.07, 6.45) is 0. The van der Waals surface area contributed by atoms with Gasteiger partial charge in [0.1, 0.15) is 0 Å². The van der Waals surface area contributed by atoms with Crippen molar-refractivity contribution in [3.63, 3.8) is 0 Å². The van der Waals surface area contributed by atoms with E-state index in [1.165, 1.54) is 25.1 Å². The van der Waals surface area contributed by atoms with Gasteiger partial charge in [0.25, 0.3) is 17.7 Å². The van der Waals surface area contributed by atoms with Crippen molar-refractivity contribution < 1.29 is 28.7 Å². The molecule has 176 valence electrons. The first-order chi connectivity index (χ1) is 16.7. The molecule has 9 heteroatoms. The van der Waals surface area contributed by atoms with E-state index in [4.69, 9.17) is 4.74 Å². The highest BCUT2D eigenvalue weighted by molar-refractivity contribution is 6.35. The Morgan fingerprint density at radius 3 is 2.11 bits per heavy atom. The van der Waals surface area contributed by atoms with Crippen LogP contribution in [-0.4, -0.2) is 36.2 Å². The zero-order chi connectivity index (χ0) is 25.1. The third-order valence-electron chi connectivity index (χ3n) is 5.30. The molecule has 0 atom stereocenters. The summed E-state index contributed by atoms with van der Waals surface area (Å²) in [6.45, 7) is 2.63. The van der Waals surface area contributed by atoms with Gasteiger partial charge in [-0.1, -0.05) is 18.2 Å². The quantitative estimate of drug-likeness (QED) is 0.419. The van der Waals surface area contributed by atoms with E-state index in [0.717, 1.165) is 10.5 Å². The van der Waals surface area contributed by atoms with Gasteiger partial charge in [0.15, 0.2) is 6.61 Å². The summed E-state index contributed by atoms with van der Waals surface area (Å²) in [7, 11) is 0. The number of nitrogens with one attached hydrogen (secondary N) is 2. The van der Waals surface area contributed by atoms with Crippen LogP contribution in [0.15, 0.2) is 66.7 Å². The second kappa shape index (κ2) is 9.60. The Labute approximate surface area is 200 Å². The summed E-state index contributed by atoms with van der Waals surface area (Å²) in [5.41, 5.74) is 2.60. The number of rotatable bonds is 6. The molecule has 0 aliphatic carbocycles. The molecule has 1 heterocycles. The number of ether oxygens (including phenoxy) is 1. The molecular formula is C26H21N3O6. The van der Waals surface area contributed by atoms with Crippen molar-refractivity contribution in [2.75, 3.05) is 22.1 Å². The molecule has 0 saturated carbocycles. The second-order valence-corrected chi connectivity index (χ2v) is 7.88. The smallest absolute Gasteiger partial charge is 0.338 e. The number of amides is 4. The lowest BCUT2D eigenvalue weighted by Crippen LogP contribution is -2.29. The van der Waals surface area contributed by atoms with E-state index in [-0.39, 0.29) is 22.6 Å². The third kappa shape index (κ3) is 4.93. The van der Waals surface area contributed by atoms with E-state index < -0.39 is 30.3 Å². The van der Waals surface area contributed by atoms with Crippen molar-refractivity contribution in [1.82, 2.24) is 0 Å². The molecule has 0 saturated heterocycles. The molecule has 35 heavy (non-hydrogen) atoms. The topological polar surface area (TPSA) is 122 Å². The standard InChI is InChI=1S/C26H21N3O6/c1-15-5-3-4-6-22(15)29-24(32)20-12-7-17(13-21(20)25(29)33)26(34)35-14-23(31)28-19-10-8-18(9-11-19)27-16(2)30/h3-13H,14H2,1-2H3,(H,27,30)(H,28,31). The predicted molar refractivity (Wildman–Crippen MR) is 128 cm³/mol. The van der Waals surface area contributed by atoms with Gasteiger partial charge in [0, 0.05) is 18.3 Å². The summed E-state index contributed by atoms with van der Waals surface area (Å²) in [4.78, 5) is 62.6. The molecule has 4 rings (SSSR count). The van der Waals surface area contributed by atoms with Crippen LogP contribution in [0.3, 0.4) is 0 Å². The third-order valence-corrected chi connectivity index (χ3v) is 5.30. The predicted octanol–water partition coefficient (Wildman–Crippen LogP) is 3.55. The summed E-state index contributed by atoms with van der Waals surface area (Å²) in [5.74, 6) is -2.59. The monoisotopic (exact) mass is 471 g/mol. The van der Waals surface area contributed by atoms with Crippen LogP contribution in [0.2, 0.25) is 0 Å². The largest absolute Gasteiger partial charge is 0.452 e. The first-order valence-electron chi connectivity index (χ1n) is 10.7. The Hall–Kier alpha value is -4.79. The van der Waals surface area contributed by atoms with Crippen molar-refractivity contribution in [2.45, 2.75) is 13.8 Å². The zero-order valence-electron chi connectivity index (χ0n) is 19.0. The van der Waals surface area contributed by atoms with E-state index in [9.17, 15) is 24.0 Å². The number of fused-ring (bicyclic) bond motifs is 1. The van der Waals surface area contributed by atoms with Gasteiger partial charge in [-0.05, 0) is 61.0 Å². The Morgan fingerprint density at radius 2 is 1.46 bits per heavy atom. The van der Waals surface area contributed by atoms with Crippen LogP contribution in [0.4, 0.5) is 17.1 Å². The Bertz CT molecular complexity index is 1360. The maximum atomic E-state index is 13.0. The van der Waals surface area contributed by atoms with Crippen molar-refractivity contribution in [3.05, 3.63) is 89.0 Å². The van der Waals surface area contributed by atoms with Crippen molar-refractivity contribution in [3.8, 4) is 0 Å². The number of nitrogens with zero attached hydrogens (tertiary/aromatic N) is 1. The molecule has 3 aromatic carbocycles. The molecule has 0 fully saturated rings. The fourth-order valence-corrected chi connectivity index (χ4v) is 3.65. The average molecular weight is 471 g/mol. The summed E-state index contributed by atoms with van der Waals surface area (Å²) >= 11 is 0. The van der Waals surface area contributed by atoms with Crippen molar-refractivity contribution in [2.24, 2.45) is 0 Å². The van der Waals surface area contributed by atoms with Gasteiger partial charge in [-0.15, -0.1) is 0 Å². The number of hydrogen-bond donors (Lipinski definition) is 2. The number of hydrogen-bond acceptors (Lipinski definition) is 6. The molecule has 0 radical (unpaired) electrons. The number of carbonyl (C=O) groups is 5. The second-order valence-electron chi connectivity index (χ2n) is 7.88. The normalized spacial score (nSPS) is 12.2. The first-order valence-corrected chi connectivity index (χ1v) is 10.7. The van der Waals surface area contributed by atoms with Gasteiger partial charge in [0.2, 0.25) is 5.91 Å². The fraction of sp³-hybridized carbons (Fsp3) is 0.115. The summed E-state index contributed by atoms with van der Waals surface area (Å²) in [6, 6.07) is 17.5. The lowest BCUT2D eigenvalue weighted by atomic mass is 10.1. The van der Waals surface area contributed by atoms with Crippen LogP contribution >= 0.6 is 0 Å². The molecule has 0 unspecified atom stereocenters. The van der Waals surface area contributed by atoms with Crippen LogP contribution in [0.1, 0.15) is 43.6 Å². The lowest BCUT2D eigenvalue weighted by molar-refractivity contribution is -0.119. The van der Waals surface area contributed by atoms with Crippen LogP contribution in [0.5, 0.6) is 0 Å². The average Bonchev–Trinajstić information content (AvgIpc) is 3.08. The Balaban J connectivity index is 1.40. The van der Waals surface area contributed by atoms with E-state index in [2.05, 4.69) is 10.6 Å². The molecule has 1 aliphatic rings. The lowest BCUT2D eigenvalue weighted by Gasteiger charge is -2.16. The van der Waals surface area contributed by atoms with Crippen molar-refractivity contribution in [1.29, 1.82) is 0 Å². The van der Waals surface area contributed by atoms with Gasteiger partial charge in [-0.25, -0.2) is 9.69 Å². The molecule has 0 bridgehead atoms. The van der Waals surface area contributed by atoms with Gasteiger partial charge in [-0.3, -0.25) is 19.2 Å². The molecule has 3 aromatic rings. The number of para-hydroxylation sites is 1.